The molecule has 0 bridgehead atoms. The molecule has 2 rings (SSSR count). The number of thiophene rings is 1. The highest BCUT2D eigenvalue weighted by atomic mass is 32.2. The van der Waals surface area contributed by atoms with Crippen LogP contribution in [0, 0.1) is 0 Å². The van der Waals surface area contributed by atoms with Crippen LogP contribution in [0.2, 0.25) is 0 Å². The summed E-state index contributed by atoms with van der Waals surface area (Å²) >= 11 is 2.95. The Kier molecular flexibility index (Phi) is 5.89. The number of hydrogen-bond donors (Lipinski definition) is 2. The van der Waals surface area contributed by atoms with Gasteiger partial charge >= 0.3 is 5.97 Å². The fourth-order valence-corrected chi connectivity index (χ4v) is 3.08. The number of hydrogen-bond acceptors (Lipinski definition) is 4. The van der Waals surface area contributed by atoms with Crippen LogP contribution < -0.4 is 5.32 Å². The fourth-order valence-electron chi connectivity index (χ4n) is 1.82. The minimum Gasteiger partial charge on any atom is -0.481 e. The van der Waals surface area contributed by atoms with Crippen molar-refractivity contribution in [1.82, 2.24) is 9.88 Å². The minimum atomic E-state index is -0.837. The highest BCUT2D eigenvalue weighted by Gasteiger charge is 2.10. The summed E-state index contributed by atoms with van der Waals surface area (Å²) in [5.74, 6) is -0.322. The summed E-state index contributed by atoms with van der Waals surface area (Å²) in [6, 6.07) is 7.66. The molecule has 2 aromatic heterocycles. The molecule has 0 aliphatic rings. The van der Waals surface area contributed by atoms with E-state index in [1.165, 1.54) is 16.6 Å². The third kappa shape index (κ3) is 4.95. The molecule has 0 radical (unpaired) electrons. The van der Waals surface area contributed by atoms with E-state index >= 15 is 0 Å². The number of thioether (sulfide) groups is 1. The maximum Gasteiger partial charge on any atom is 0.313 e. The van der Waals surface area contributed by atoms with E-state index in [1.54, 1.807) is 17.4 Å². The lowest BCUT2D eigenvalue weighted by Crippen LogP contribution is -2.28. The first-order valence-corrected chi connectivity index (χ1v) is 8.45. The number of carbonyl (C=O) groups is 2. The van der Waals surface area contributed by atoms with Crippen molar-refractivity contribution < 1.29 is 14.7 Å². The van der Waals surface area contributed by atoms with Crippen LogP contribution in [0.15, 0.2) is 35.8 Å². The number of rotatable bonds is 8. The largest absolute Gasteiger partial charge is 0.481 e. The van der Waals surface area contributed by atoms with E-state index < -0.39 is 5.97 Å². The summed E-state index contributed by atoms with van der Waals surface area (Å²) in [4.78, 5) is 23.7. The summed E-state index contributed by atoms with van der Waals surface area (Å²) in [5, 5.41) is 13.3. The first-order valence-electron chi connectivity index (χ1n) is 6.42. The first kappa shape index (κ1) is 15.7. The summed E-state index contributed by atoms with van der Waals surface area (Å²) in [5.41, 5.74) is 0.617. The zero-order valence-electron chi connectivity index (χ0n) is 11.3. The summed E-state index contributed by atoms with van der Waals surface area (Å²) < 4.78 is 1.91. The molecule has 21 heavy (non-hydrogen) atoms. The molecule has 7 heteroatoms. The molecule has 0 unspecified atom stereocenters. The molecule has 0 aromatic carbocycles. The van der Waals surface area contributed by atoms with Gasteiger partial charge in [0.15, 0.2) is 0 Å². The number of aromatic nitrogens is 1. The smallest absolute Gasteiger partial charge is 0.313 e. The predicted molar refractivity (Wildman–Crippen MR) is 85.1 cm³/mol. The van der Waals surface area contributed by atoms with E-state index in [0.29, 0.717) is 24.5 Å². The average Bonchev–Trinajstić information content (AvgIpc) is 3.10. The lowest BCUT2D eigenvalue weighted by Gasteiger charge is -2.08. The number of nitrogens with zero attached hydrogens (tertiary/aromatic N) is 1. The third-order valence-corrected chi connectivity index (χ3v) is 4.53. The van der Waals surface area contributed by atoms with Crippen molar-refractivity contribution in [2.75, 3.05) is 18.1 Å². The average molecular weight is 324 g/mol. The molecule has 112 valence electrons. The van der Waals surface area contributed by atoms with E-state index in [0.717, 1.165) is 0 Å². The molecule has 0 fully saturated rings. The van der Waals surface area contributed by atoms with Crippen LogP contribution in [0.4, 0.5) is 0 Å². The van der Waals surface area contributed by atoms with Crippen molar-refractivity contribution in [1.29, 1.82) is 0 Å². The van der Waals surface area contributed by atoms with Gasteiger partial charge in [-0.1, -0.05) is 6.07 Å². The zero-order chi connectivity index (χ0) is 15.1. The Morgan fingerprint density at radius 2 is 2.19 bits per heavy atom. The van der Waals surface area contributed by atoms with Crippen LogP contribution in [0.25, 0.3) is 0 Å². The molecule has 5 nitrogen and oxygen atoms in total. The van der Waals surface area contributed by atoms with E-state index in [-0.39, 0.29) is 11.7 Å². The second-order valence-electron chi connectivity index (χ2n) is 4.30. The highest BCUT2D eigenvalue weighted by Crippen LogP contribution is 2.13. The Morgan fingerprint density at radius 1 is 1.33 bits per heavy atom. The van der Waals surface area contributed by atoms with Gasteiger partial charge in [0.05, 0.1) is 12.3 Å². The van der Waals surface area contributed by atoms with E-state index in [4.69, 9.17) is 5.11 Å². The van der Waals surface area contributed by atoms with Crippen molar-refractivity contribution in [3.63, 3.8) is 0 Å². The van der Waals surface area contributed by atoms with Gasteiger partial charge in [-0.15, -0.1) is 23.1 Å². The molecule has 1 amide bonds. The minimum absolute atomic E-state index is 0.0601. The van der Waals surface area contributed by atoms with Gasteiger partial charge in [0, 0.05) is 23.4 Å². The molecule has 0 saturated carbocycles. The Balaban J connectivity index is 1.82. The Labute approximate surface area is 131 Å². The summed E-state index contributed by atoms with van der Waals surface area (Å²) in [7, 11) is 0. The molecular weight excluding hydrogens is 308 g/mol. The van der Waals surface area contributed by atoms with Gasteiger partial charge in [-0.2, -0.15) is 0 Å². The van der Waals surface area contributed by atoms with Crippen molar-refractivity contribution in [2.24, 2.45) is 0 Å². The van der Waals surface area contributed by atoms with Crippen LogP contribution in [0.3, 0.4) is 0 Å². The van der Waals surface area contributed by atoms with Crippen LogP contribution >= 0.6 is 23.1 Å². The van der Waals surface area contributed by atoms with Gasteiger partial charge in [0.25, 0.3) is 5.91 Å². The SMILES string of the molecule is O=C(O)CSCCNC(=O)c1cccn1Cc1cccs1. The predicted octanol–water partition coefficient (Wildman–Crippen LogP) is 2.15. The Morgan fingerprint density at radius 3 is 2.90 bits per heavy atom. The number of carboxylic acids is 1. The van der Waals surface area contributed by atoms with Crippen molar-refractivity contribution in [3.8, 4) is 0 Å². The molecule has 2 aromatic rings. The van der Waals surface area contributed by atoms with E-state index in [1.807, 2.05) is 34.3 Å². The van der Waals surface area contributed by atoms with Crippen LogP contribution in [0.5, 0.6) is 0 Å². The Bertz CT molecular complexity index is 593. The molecule has 0 atom stereocenters. The summed E-state index contributed by atoms with van der Waals surface area (Å²) in [6.07, 6.45) is 1.88. The van der Waals surface area contributed by atoms with Crippen LogP contribution in [-0.4, -0.2) is 39.6 Å². The number of carbonyl (C=O) groups excluding carboxylic acids is 1. The van der Waals surface area contributed by atoms with Crippen LogP contribution in [-0.2, 0) is 11.3 Å². The van der Waals surface area contributed by atoms with Crippen molar-refractivity contribution in [3.05, 3.63) is 46.4 Å². The monoisotopic (exact) mass is 324 g/mol. The zero-order valence-corrected chi connectivity index (χ0v) is 13.0. The quantitative estimate of drug-likeness (QED) is 0.730. The lowest BCUT2D eigenvalue weighted by atomic mass is 10.4. The first-order chi connectivity index (χ1) is 10.2. The van der Waals surface area contributed by atoms with Crippen LogP contribution in [0.1, 0.15) is 15.4 Å². The number of aliphatic carboxylic acids is 1. The normalized spacial score (nSPS) is 10.5. The molecule has 2 heterocycles. The van der Waals surface area contributed by atoms with Gasteiger partial charge in [-0.25, -0.2) is 0 Å². The fraction of sp³-hybridized carbons (Fsp3) is 0.286. The van der Waals surface area contributed by atoms with Gasteiger partial charge in [-0.05, 0) is 23.6 Å². The number of nitrogens with one attached hydrogen (secondary N) is 1. The Hall–Kier alpha value is -1.73. The molecule has 0 spiro atoms. The van der Waals surface area contributed by atoms with Gasteiger partial charge in [0.2, 0.25) is 0 Å². The van der Waals surface area contributed by atoms with Crippen molar-refractivity contribution >= 4 is 35.0 Å². The highest BCUT2D eigenvalue weighted by molar-refractivity contribution is 7.99. The molecular formula is C14H16N2O3S2. The lowest BCUT2D eigenvalue weighted by molar-refractivity contribution is -0.133. The molecule has 2 N–H and O–H groups in total. The van der Waals surface area contributed by atoms with Gasteiger partial charge in [0.1, 0.15) is 5.69 Å². The standard InChI is InChI=1S/C14H16N2O3S2/c17-13(18)10-20-8-5-15-14(19)12-4-1-6-16(12)9-11-3-2-7-21-11/h1-4,6-7H,5,8-10H2,(H,15,19)(H,17,18). The maximum atomic E-state index is 12.1. The van der Waals surface area contributed by atoms with Gasteiger partial charge < -0.3 is 15.0 Å². The van der Waals surface area contributed by atoms with E-state index in [9.17, 15) is 9.59 Å². The summed E-state index contributed by atoms with van der Waals surface area (Å²) in [6.45, 7) is 1.14. The maximum absolute atomic E-state index is 12.1. The molecule has 0 aliphatic carbocycles. The molecule has 0 saturated heterocycles. The van der Waals surface area contributed by atoms with E-state index in [2.05, 4.69) is 5.32 Å². The molecule has 0 aliphatic heterocycles. The van der Waals surface area contributed by atoms with Gasteiger partial charge in [-0.3, -0.25) is 9.59 Å². The topological polar surface area (TPSA) is 71.3 Å². The third-order valence-electron chi connectivity index (χ3n) is 2.73. The second-order valence-corrected chi connectivity index (χ2v) is 6.44. The van der Waals surface area contributed by atoms with Crippen molar-refractivity contribution in [2.45, 2.75) is 6.54 Å². The number of carboxylic acid groups (broad SMARTS) is 1. The second kappa shape index (κ2) is 7.90. The number of amides is 1.